The van der Waals surface area contributed by atoms with Gasteiger partial charge in [0.15, 0.2) is 0 Å². The van der Waals surface area contributed by atoms with Crippen molar-refractivity contribution in [1.29, 1.82) is 0 Å². The molecule has 0 N–H and O–H groups in total. The average Bonchev–Trinajstić information content (AvgIpc) is 2.57. The molecular formula is C12H28MoO4P2S5. The van der Waals surface area contributed by atoms with Crippen LogP contribution in [0.15, 0.2) is 0 Å². The van der Waals surface area contributed by atoms with Gasteiger partial charge in [0.05, 0.1) is 13.2 Å². The van der Waals surface area contributed by atoms with Crippen LogP contribution in [-0.2, 0) is 50.7 Å². The van der Waals surface area contributed by atoms with E-state index >= 15 is 0 Å². The Kier molecular flexibility index (Phi) is 28.9. The molecule has 0 aromatic heterocycles. The number of rotatable bonds is 12. The molecule has 0 aliphatic heterocycles. The maximum absolute atomic E-state index is 11.3. The monoisotopic (exact) mass is 556 g/mol. The van der Waals surface area contributed by atoms with Gasteiger partial charge in [-0.2, -0.15) is 0 Å². The van der Waals surface area contributed by atoms with E-state index in [1.54, 1.807) is 0 Å². The van der Waals surface area contributed by atoms with Gasteiger partial charge in [0.2, 0.25) is 0 Å². The molecule has 0 bridgehead atoms. The van der Waals surface area contributed by atoms with E-state index in [0.29, 0.717) is 13.2 Å². The Balaban J connectivity index is -0.000000333. The number of hydrogen-bond acceptors (Lipinski definition) is 9. The summed E-state index contributed by atoms with van der Waals surface area (Å²) >= 11 is 13.6. The molecule has 0 aromatic carbocycles. The van der Waals surface area contributed by atoms with Crippen LogP contribution in [0.2, 0.25) is 0 Å². The summed E-state index contributed by atoms with van der Waals surface area (Å²) in [4.78, 5) is 22.6. The van der Waals surface area contributed by atoms with Gasteiger partial charge < -0.3 is 18.8 Å². The van der Waals surface area contributed by atoms with Crippen molar-refractivity contribution in [3.05, 3.63) is 0 Å². The average molecular weight is 555 g/mol. The van der Waals surface area contributed by atoms with Crippen LogP contribution in [0, 0.1) is 0 Å². The topological polar surface area (TPSA) is 64.6 Å². The Morgan fingerprint density at radius 1 is 0.750 bits per heavy atom. The van der Waals surface area contributed by atoms with Gasteiger partial charge in [0.25, 0.3) is 0 Å². The SMILES string of the molecule is CCCOP([O-])(=S)SCCC.CCCOP([O-])(=S)SCCC.[S]=[Mo+2]. The first-order valence-electron chi connectivity index (χ1n) is 7.61. The van der Waals surface area contributed by atoms with E-state index < -0.39 is 11.4 Å². The van der Waals surface area contributed by atoms with Crippen molar-refractivity contribution in [2.45, 2.75) is 53.4 Å². The first kappa shape index (κ1) is 31.4. The Bertz CT molecular complexity index is 310. The molecule has 24 heavy (non-hydrogen) atoms. The summed E-state index contributed by atoms with van der Waals surface area (Å²) in [5, 5.41) is 0. The third-order valence-corrected chi connectivity index (χ3v) is 10.8. The normalized spacial score (nSPS) is 15.0. The second kappa shape index (κ2) is 22.0. The predicted molar refractivity (Wildman–Crippen MR) is 114 cm³/mol. The van der Waals surface area contributed by atoms with E-state index in [1.807, 2.05) is 27.7 Å². The summed E-state index contributed by atoms with van der Waals surface area (Å²) in [5.74, 6) is 1.65. The number of hydrogen-bond donors (Lipinski definition) is 0. The Morgan fingerprint density at radius 3 is 1.25 bits per heavy atom. The summed E-state index contributed by atoms with van der Waals surface area (Å²) in [7, 11) is 4.09. The molecule has 0 aliphatic rings. The van der Waals surface area contributed by atoms with Gasteiger partial charge in [0.1, 0.15) is 0 Å². The van der Waals surface area contributed by atoms with Crippen LogP contribution in [0.1, 0.15) is 53.4 Å². The van der Waals surface area contributed by atoms with E-state index in [-0.39, 0.29) is 0 Å². The molecule has 0 saturated heterocycles. The Morgan fingerprint density at radius 2 is 1.04 bits per heavy atom. The zero-order valence-corrected chi connectivity index (χ0v) is 22.5. The van der Waals surface area contributed by atoms with Crippen LogP contribution < -0.4 is 9.79 Å². The molecule has 0 rings (SSSR count). The zero-order valence-electron chi connectivity index (χ0n) is 14.6. The molecule has 4 nitrogen and oxygen atoms in total. The van der Waals surface area contributed by atoms with Gasteiger partial charge in [-0.15, -0.1) is 22.8 Å². The van der Waals surface area contributed by atoms with Crippen molar-refractivity contribution in [1.82, 2.24) is 0 Å². The third kappa shape index (κ3) is 27.0. The van der Waals surface area contributed by atoms with Crippen molar-refractivity contribution < 1.29 is 36.8 Å². The van der Waals surface area contributed by atoms with Gasteiger partial charge in [0, 0.05) is 11.4 Å². The molecule has 146 valence electrons. The van der Waals surface area contributed by atoms with Gasteiger partial charge in [-0.3, -0.25) is 0 Å². The fraction of sp³-hybridized carbons (Fsp3) is 1.00. The first-order valence-corrected chi connectivity index (χ1v) is 18.9. The molecule has 0 aliphatic carbocycles. The fourth-order valence-corrected chi connectivity index (χ4v) is 7.78. The summed E-state index contributed by atoms with van der Waals surface area (Å²) < 4.78 is 10.0. The molecule has 2 unspecified atom stereocenters. The van der Waals surface area contributed by atoms with Gasteiger partial charge in [-0.25, -0.2) is 0 Å². The van der Waals surface area contributed by atoms with Gasteiger partial charge >= 0.3 is 27.8 Å². The molecule has 12 heteroatoms. The Hall–Kier alpha value is 2.75. The minimum absolute atomic E-state index is 0.511. The summed E-state index contributed by atoms with van der Waals surface area (Å²) in [5.41, 5.74) is -5.45. The molecule has 0 fully saturated rings. The van der Waals surface area contributed by atoms with Crippen LogP contribution in [0.25, 0.3) is 0 Å². The molecule has 0 spiro atoms. The molecular weight excluding hydrogens is 526 g/mol. The van der Waals surface area contributed by atoms with Crippen molar-refractivity contribution in [2.24, 2.45) is 0 Å². The third-order valence-electron chi connectivity index (χ3n) is 1.81. The summed E-state index contributed by atoms with van der Waals surface area (Å²) in [6, 6.07) is 0. The van der Waals surface area contributed by atoms with E-state index in [0.717, 1.165) is 37.2 Å². The molecule has 0 aromatic rings. The van der Waals surface area contributed by atoms with Crippen molar-refractivity contribution in [3.63, 3.8) is 0 Å². The van der Waals surface area contributed by atoms with Gasteiger partial charge in [-0.05, 0) is 37.2 Å². The molecule has 0 amide bonds. The van der Waals surface area contributed by atoms with E-state index in [2.05, 4.69) is 9.82 Å². The maximum atomic E-state index is 11.3. The van der Waals surface area contributed by atoms with Gasteiger partial charge in [-0.1, -0.05) is 51.3 Å². The molecule has 0 saturated carbocycles. The second-order valence-corrected chi connectivity index (χ2v) is 16.6. The van der Waals surface area contributed by atoms with Crippen LogP contribution in [0.3, 0.4) is 0 Å². The Labute approximate surface area is 181 Å². The molecule has 0 heterocycles. The standard InChI is InChI=1S/2C6H15O2PS2.Mo.S/c2*1-3-5-8-9(7,10)11-6-4-2;;/h2*3-6H2,1-2H3,(H,7,10);;/q;;+2;/p-2. The zero-order chi connectivity index (χ0) is 19.5. The van der Waals surface area contributed by atoms with Crippen molar-refractivity contribution in [2.75, 3.05) is 24.7 Å². The van der Waals surface area contributed by atoms with Crippen LogP contribution in [0.4, 0.5) is 0 Å². The van der Waals surface area contributed by atoms with E-state index in [4.69, 9.17) is 32.7 Å². The summed E-state index contributed by atoms with van der Waals surface area (Å²) in [6.07, 6.45) is 3.71. The minimum atomic E-state index is -2.73. The van der Waals surface area contributed by atoms with Crippen molar-refractivity contribution >= 4 is 67.6 Å². The van der Waals surface area contributed by atoms with Crippen LogP contribution in [-0.4, -0.2) is 24.7 Å². The first-order chi connectivity index (χ1) is 11.2. The second-order valence-electron chi connectivity index (χ2n) is 4.23. The molecule has 0 radical (unpaired) electrons. The predicted octanol–water partition coefficient (Wildman–Crippen LogP) is 4.93. The van der Waals surface area contributed by atoms with Crippen molar-refractivity contribution in [3.8, 4) is 0 Å². The quantitative estimate of drug-likeness (QED) is 0.247. The van der Waals surface area contributed by atoms with Crippen LogP contribution >= 0.6 is 44.0 Å². The van der Waals surface area contributed by atoms with E-state index in [9.17, 15) is 9.79 Å². The summed E-state index contributed by atoms with van der Waals surface area (Å²) in [6.45, 7) is 9.03. The molecule has 2 atom stereocenters. The van der Waals surface area contributed by atoms with Crippen LogP contribution in [0.5, 0.6) is 0 Å². The van der Waals surface area contributed by atoms with E-state index in [1.165, 1.54) is 40.8 Å². The fourth-order valence-electron chi connectivity index (χ4n) is 0.887.